The molecule has 1 aliphatic rings. The molecular weight excluding hydrogens is 527 g/mol. The number of nitrogens with zero attached hydrogens (tertiary/aromatic N) is 1. The number of nitrogens with two attached hydrogens (primary N) is 1. The van der Waals surface area contributed by atoms with Gasteiger partial charge in [-0.15, -0.1) is 0 Å². The first-order valence-corrected chi connectivity index (χ1v) is 14.3. The highest BCUT2D eigenvalue weighted by atomic mass is 35.5. The lowest BCUT2D eigenvalue weighted by atomic mass is 9.81. The summed E-state index contributed by atoms with van der Waals surface area (Å²) in [6.07, 6.45) is 7.47. The molecule has 5 nitrogen and oxygen atoms in total. The van der Waals surface area contributed by atoms with E-state index in [9.17, 15) is 4.79 Å². The van der Waals surface area contributed by atoms with Crippen LogP contribution >= 0.6 is 23.2 Å². The number of allylic oxidation sites excluding steroid dienone is 1. The lowest BCUT2D eigenvalue weighted by molar-refractivity contribution is -0.438. The van der Waals surface area contributed by atoms with Crippen LogP contribution in [0.15, 0.2) is 72.8 Å². The van der Waals surface area contributed by atoms with Gasteiger partial charge in [-0.2, -0.15) is 4.58 Å². The summed E-state index contributed by atoms with van der Waals surface area (Å²) in [7, 11) is 0. The molecule has 0 bridgehead atoms. The molecule has 1 amide bonds. The van der Waals surface area contributed by atoms with Crippen molar-refractivity contribution in [2.75, 3.05) is 25.0 Å². The van der Waals surface area contributed by atoms with E-state index in [0.29, 0.717) is 29.6 Å². The molecule has 3 aromatic carbocycles. The summed E-state index contributed by atoms with van der Waals surface area (Å²) < 4.78 is 2.40. The van der Waals surface area contributed by atoms with Gasteiger partial charge in [0.1, 0.15) is 6.54 Å². The Balaban J connectivity index is 1.59. The topological polar surface area (TPSA) is 70.2 Å². The molecule has 0 atom stereocenters. The quantitative estimate of drug-likeness (QED) is 0.158. The van der Waals surface area contributed by atoms with Crippen molar-refractivity contribution in [1.82, 2.24) is 5.32 Å². The SMILES string of the molecule is CC1(C)C(/C=C/c2c(Cl)cccc2Cl)=[N+](CCCCCC(=O)NCCN)c2ccc(Nc3ccccc3)cc21. The molecule has 204 valence electrons. The van der Waals surface area contributed by atoms with Crippen molar-refractivity contribution in [2.24, 2.45) is 5.73 Å². The minimum absolute atomic E-state index is 0.0679. The maximum absolute atomic E-state index is 11.9. The number of carbonyl (C=O) groups excluding carboxylic acids is 1. The minimum Gasteiger partial charge on any atom is -0.356 e. The highest BCUT2D eigenvalue weighted by Gasteiger charge is 2.44. The molecule has 0 aliphatic carbocycles. The second-order valence-electron chi connectivity index (χ2n) is 10.3. The van der Waals surface area contributed by atoms with Crippen LogP contribution in [0.2, 0.25) is 10.0 Å². The smallest absolute Gasteiger partial charge is 0.220 e. The maximum Gasteiger partial charge on any atom is 0.220 e. The van der Waals surface area contributed by atoms with Crippen LogP contribution in [0, 0.1) is 0 Å². The van der Waals surface area contributed by atoms with Crippen LogP contribution in [0.25, 0.3) is 6.08 Å². The van der Waals surface area contributed by atoms with Gasteiger partial charge in [-0.3, -0.25) is 4.79 Å². The molecule has 39 heavy (non-hydrogen) atoms. The van der Waals surface area contributed by atoms with Gasteiger partial charge in [0.25, 0.3) is 0 Å². The van der Waals surface area contributed by atoms with E-state index < -0.39 is 0 Å². The average molecular weight is 565 g/mol. The lowest BCUT2D eigenvalue weighted by Gasteiger charge is -2.17. The molecule has 4 rings (SSSR count). The van der Waals surface area contributed by atoms with Crippen molar-refractivity contribution in [3.63, 3.8) is 0 Å². The summed E-state index contributed by atoms with van der Waals surface area (Å²) in [6, 6.07) is 22.3. The summed E-state index contributed by atoms with van der Waals surface area (Å²) in [5.74, 6) is 0.0679. The van der Waals surface area contributed by atoms with Crippen LogP contribution in [0.1, 0.15) is 50.7 Å². The van der Waals surface area contributed by atoms with Gasteiger partial charge in [-0.05, 0) is 69.2 Å². The van der Waals surface area contributed by atoms with Gasteiger partial charge >= 0.3 is 0 Å². The number of anilines is 2. The Morgan fingerprint density at radius 3 is 2.38 bits per heavy atom. The van der Waals surface area contributed by atoms with E-state index in [1.165, 1.54) is 17.0 Å². The van der Waals surface area contributed by atoms with Gasteiger partial charge in [0, 0.05) is 70.6 Å². The van der Waals surface area contributed by atoms with Crippen LogP contribution in [0.3, 0.4) is 0 Å². The van der Waals surface area contributed by atoms with E-state index in [0.717, 1.165) is 42.7 Å². The Morgan fingerprint density at radius 2 is 1.67 bits per heavy atom. The van der Waals surface area contributed by atoms with Crippen molar-refractivity contribution in [3.05, 3.63) is 94.0 Å². The van der Waals surface area contributed by atoms with Crippen molar-refractivity contribution >= 4 is 58.0 Å². The first kappa shape index (κ1) is 28.9. The van der Waals surface area contributed by atoms with Gasteiger partial charge in [0.15, 0.2) is 5.71 Å². The highest BCUT2D eigenvalue weighted by Crippen LogP contribution is 2.42. The number of hydrogen-bond acceptors (Lipinski definition) is 3. The predicted octanol–water partition coefficient (Wildman–Crippen LogP) is 7.46. The number of rotatable bonds is 12. The summed E-state index contributed by atoms with van der Waals surface area (Å²) in [6.45, 7) is 6.35. The van der Waals surface area contributed by atoms with Crippen molar-refractivity contribution in [3.8, 4) is 0 Å². The van der Waals surface area contributed by atoms with E-state index in [-0.39, 0.29) is 11.3 Å². The van der Waals surface area contributed by atoms with Crippen LogP contribution in [-0.2, 0) is 10.2 Å². The zero-order valence-electron chi connectivity index (χ0n) is 22.6. The monoisotopic (exact) mass is 563 g/mol. The molecule has 1 aliphatic heterocycles. The van der Waals surface area contributed by atoms with Gasteiger partial charge in [-0.1, -0.05) is 47.5 Å². The Bertz CT molecular complexity index is 1350. The second kappa shape index (κ2) is 13.3. The average Bonchev–Trinajstić information content (AvgIpc) is 3.13. The summed E-state index contributed by atoms with van der Waals surface area (Å²) >= 11 is 13.0. The van der Waals surface area contributed by atoms with Crippen molar-refractivity contribution < 1.29 is 9.37 Å². The number of carbonyl (C=O) groups is 1. The first-order chi connectivity index (χ1) is 18.8. The number of halogens is 2. The number of benzene rings is 3. The van der Waals surface area contributed by atoms with Gasteiger partial charge < -0.3 is 16.4 Å². The Labute approximate surface area is 241 Å². The molecule has 0 aromatic heterocycles. The van der Waals surface area contributed by atoms with Gasteiger partial charge in [-0.25, -0.2) is 0 Å². The molecule has 4 N–H and O–H groups in total. The fourth-order valence-corrected chi connectivity index (χ4v) is 5.57. The lowest BCUT2D eigenvalue weighted by Crippen LogP contribution is -2.28. The summed E-state index contributed by atoms with van der Waals surface area (Å²) in [5, 5.41) is 7.63. The van der Waals surface area contributed by atoms with E-state index >= 15 is 0 Å². The standard InChI is InChI=1S/C32H36Cl2N4O/c1-32(2)26-22-24(37-23-10-5-3-6-11-23)15-17-29(26)38(21-8-4-7-14-31(39)36-20-19-35)30(32)18-16-25-27(33)12-9-13-28(25)34/h3,5-6,9-13,15-18,22,37H,4,7-8,14,19-21,35H2,1-2H3/p+1/b18-16+. The maximum atomic E-state index is 11.9. The van der Waals surface area contributed by atoms with Crippen LogP contribution in [-0.4, -0.2) is 35.8 Å². The summed E-state index contributed by atoms with van der Waals surface area (Å²) in [5.41, 5.74) is 11.8. The molecule has 0 saturated heterocycles. The van der Waals surface area contributed by atoms with Crippen LogP contribution in [0.4, 0.5) is 17.1 Å². The van der Waals surface area contributed by atoms with E-state index in [2.05, 4.69) is 65.5 Å². The highest BCUT2D eigenvalue weighted by molar-refractivity contribution is 6.37. The van der Waals surface area contributed by atoms with Crippen LogP contribution < -0.4 is 16.4 Å². The fourth-order valence-electron chi connectivity index (χ4n) is 5.05. The van der Waals surface area contributed by atoms with E-state index in [4.69, 9.17) is 28.9 Å². The Hall–Kier alpha value is -3.12. The second-order valence-corrected chi connectivity index (χ2v) is 11.1. The molecule has 1 heterocycles. The number of fused-ring (bicyclic) bond motifs is 1. The molecule has 0 unspecified atom stereocenters. The zero-order chi connectivity index (χ0) is 27.8. The van der Waals surface area contributed by atoms with E-state index in [1.54, 1.807) is 0 Å². The van der Waals surface area contributed by atoms with E-state index in [1.807, 2.05) is 42.5 Å². The number of hydrogen-bond donors (Lipinski definition) is 3. The zero-order valence-corrected chi connectivity index (χ0v) is 24.2. The molecule has 0 fully saturated rings. The third kappa shape index (κ3) is 7.10. The molecular formula is C32H37Cl2N4O+. The molecule has 3 aromatic rings. The largest absolute Gasteiger partial charge is 0.356 e. The molecule has 0 spiro atoms. The number of para-hydroxylation sites is 1. The van der Waals surface area contributed by atoms with Crippen molar-refractivity contribution in [2.45, 2.75) is 44.9 Å². The van der Waals surface area contributed by atoms with Crippen LogP contribution in [0.5, 0.6) is 0 Å². The molecule has 7 heteroatoms. The fraction of sp³-hybridized carbons (Fsp3) is 0.312. The molecule has 0 radical (unpaired) electrons. The Kier molecular flexibility index (Phi) is 9.84. The number of unbranched alkanes of at least 4 members (excludes halogenated alkanes) is 2. The number of amides is 1. The third-order valence-corrected chi connectivity index (χ3v) is 7.77. The third-order valence-electron chi connectivity index (χ3n) is 7.11. The van der Waals surface area contributed by atoms with Gasteiger partial charge in [0.2, 0.25) is 11.6 Å². The Morgan fingerprint density at radius 1 is 0.923 bits per heavy atom. The van der Waals surface area contributed by atoms with Crippen molar-refractivity contribution in [1.29, 1.82) is 0 Å². The van der Waals surface area contributed by atoms with Gasteiger partial charge in [0.05, 0.1) is 5.41 Å². The minimum atomic E-state index is -0.240. The predicted molar refractivity (Wildman–Crippen MR) is 165 cm³/mol. The first-order valence-electron chi connectivity index (χ1n) is 13.5. The summed E-state index contributed by atoms with van der Waals surface area (Å²) in [4.78, 5) is 11.9. The number of nitrogens with one attached hydrogen (secondary N) is 2. The molecule has 0 saturated carbocycles. The normalized spacial score (nSPS) is 14.1.